The number of ether oxygens (including phenoxy) is 3. The molecule has 5 aromatic rings. The first kappa shape index (κ1) is 73.2. The lowest BCUT2D eigenvalue weighted by atomic mass is 9.76. The minimum Gasteiger partial charge on any atom is -0.489 e. The van der Waals surface area contributed by atoms with Crippen LogP contribution in [0.25, 0.3) is 0 Å². The number of carbonyl (C=O) groups excluding carboxylic acids is 9. The molecule has 9 atom stereocenters. The summed E-state index contributed by atoms with van der Waals surface area (Å²) in [6.45, 7) is 19.5. The zero-order valence-corrected chi connectivity index (χ0v) is 59.6. The number of nitrogens with zero attached hydrogens (tertiary/aromatic N) is 5. The smallest absolute Gasteiger partial charge is 0.410 e. The Labute approximate surface area is 577 Å². The topological polar surface area (TPSA) is 234 Å². The Morgan fingerprint density at radius 1 is 0.592 bits per heavy atom. The maximum atomic E-state index is 15.4. The Hall–Kier alpha value is -9.07. The molecule has 4 aliphatic rings. The number of likely N-dealkylation sites (tertiary alicyclic amines) is 1. The molecule has 5 aromatic carbocycles. The highest BCUT2D eigenvalue weighted by molar-refractivity contribution is 5.97. The summed E-state index contributed by atoms with van der Waals surface area (Å²) in [6, 6.07) is 32.0. The van der Waals surface area contributed by atoms with E-state index < -0.39 is 94.6 Å². The van der Waals surface area contributed by atoms with Gasteiger partial charge in [-0.05, 0) is 175 Å². The maximum absolute atomic E-state index is 15.4. The van der Waals surface area contributed by atoms with Crippen LogP contribution in [0.3, 0.4) is 0 Å². The standard InChI is InChI=1S/C78H100N8O12/c1-48(82(12)74(94)97-77(6,7)8)67(87)44-61(76(3,4)5)71(91)86-46-57(43-65(86)70(90)80-62-31-21-27-52-23-17-19-29-59(52)62)79-69(89)54-37-33-51(34-38-54)47-96-58-39-35-50(36-40-58)41-63(81-68(88)49(2)83(13)75(95)98-78(9,10)11)72(92)85-45-56-26-16-15-25-55(56)42-66(85)73(93)84(14)64-32-22-28-53-24-18-20-30-60(53)64/h15-20,23-26,29-30,33-40,48-49,57,61-66H,21-22,27-28,31-32,41-47H2,1-14H3,(H,79,89)(H,80,90)(H,81,88)/t48-,49-,57?,61+,62?,63-,64?,65-,66-/m0/s1. The molecule has 2 aliphatic carbocycles. The number of amides is 8. The van der Waals surface area contributed by atoms with Gasteiger partial charge in [-0.25, -0.2) is 9.59 Å². The van der Waals surface area contributed by atoms with Crippen molar-refractivity contribution < 1.29 is 57.4 Å². The Morgan fingerprint density at radius 2 is 1.14 bits per heavy atom. The van der Waals surface area contributed by atoms with Crippen molar-refractivity contribution in [3.63, 3.8) is 0 Å². The molecule has 0 bridgehead atoms. The van der Waals surface area contributed by atoms with Crippen LogP contribution < -0.4 is 20.7 Å². The van der Waals surface area contributed by atoms with E-state index in [1.807, 2.05) is 94.5 Å². The van der Waals surface area contributed by atoms with Gasteiger partial charge < -0.3 is 49.8 Å². The first-order valence-electron chi connectivity index (χ1n) is 34.5. The fourth-order valence-corrected chi connectivity index (χ4v) is 13.6. The van der Waals surface area contributed by atoms with Gasteiger partial charge in [0, 0.05) is 71.0 Å². The number of carbonyl (C=O) groups is 9. The molecule has 0 radical (unpaired) electrons. The average molecular weight is 1340 g/mol. The van der Waals surface area contributed by atoms with Gasteiger partial charge in [0.25, 0.3) is 5.91 Å². The van der Waals surface area contributed by atoms with Gasteiger partial charge in [0.2, 0.25) is 29.5 Å². The second-order valence-corrected chi connectivity index (χ2v) is 30.1. The molecule has 98 heavy (non-hydrogen) atoms. The van der Waals surface area contributed by atoms with Crippen LogP contribution in [-0.2, 0) is 77.1 Å². The van der Waals surface area contributed by atoms with Crippen LogP contribution >= 0.6 is 0 Å². The monoisotopic (exact) mass is 1340 g/mol. The normalized spacial score (nSPS) is 19.5. The molecule has 524 valence electrons. The molecule has 8 amide bonds. The van der Waals surface area contributed by atoms with Crippen molar-refractivity contribution in [1.82, 2.24) is 40.4 Å². The molecule has 0 aromatic heterocycles. The third-order valence-electron chi connectivity index (χ3n) is 19.6. The van der Waals surface area contributed by atoms with Gasteiger partial charge in [-0.1, -0.05) is 118 Å². The van der Waals surface area contributed by atoms with Crippen LogP contribution in [0.4, 0.5) is 9.59 Å². The lowest BCUT2D eigenvalue weighted by Gasteiger charge is -2.42. The van der Waals surface area contributed by atoms with E-state index in [0.717, 1.165) is 71.9 Å². The molecule has 20 heteroatoms. The van der Waals surface area contributed by atoms with E-state index in [9.17, 15) is 28.8 Å². The van der Waals surface area contributed by atoms with Crippen molar-refractivity contribution in [3.8, 4) is 5.75 Å². The Balaban J connectivity index is 0.881. The molecule has 9 rings (SSSR count). The van der Waals surface area contributed by atoms with Crippen LogP contribution in [0.5, 0.6) is 5.75 Å². The van der Waals surface area contributed by atoms with Crippen molar-refractivity contribution in [2.24, 2.45) is 11.3 Å². The molecule has 1 saturated heterocycles. The molecule has 0 spiro atoms. The Bertz CT molecular complexity index is 3740. The molecular weight excluding hydrogens is 1240 g/mol. The van der Waals surface area contributed by atoms with Gasteiger partial charge in [0.15, 0.2) is 5.78 Å². The third-order valence-corrected chi connectivity index (χ3v) is 19.6. The van der Waals surface area contributed by atoms with Crippen molar-refractivity contribution in [3.05, 3.63) is 171 Å². The van der Waals surface area contributed by atoms with Crippen molar-refractivity contribution >= 4 is 53.4 Å². The van der Waals surface area contributed by atoms with Gasteiger partial charge in [-0.2, -0.15) is 0 Å². The van der Waals surface area contributed by atoms with E-state index in [0.29, 0.717) is 16.9 Å². The molecule has 20 nitrogen and oxygen atoms in total. The van der Waals surface area contributed by atoms with Crippen molar-refractivity contribution in [1.29, 1.82) is 0 Å². The van der Waals surface area contributed by atoms with Gasteiger partial charge in [0.05, 0.1) is 18.1 Å². The molecule has 3 unspecified atom stereocenters. The molecule has 1 fully saturated rings. The van der Waals surface area contributed by atoms with E-state index >= 15 is 14.4 Å². The predicted molar refractivity (Wildman–Crippen MR) is 373 cm³/mol. The number of aryl methyl sites for hydroxylation is 2. The first-order valence-corrected chi connectivity index (χ1v) is 34.5. The number of hydrogen-bond donors (Lipinski definition) is 3. The summed E-state index contributed by atoms with van der Waals surface area (Å²) in [5.41, 5.74) is 5.80. The fourth-order valence-electron chi connectivity index (χ4n) is 13.6. The number of Topliss-reactive ketones (excluding diaryl/α,β-unsaturated/α-hetero) is 1. The lowest BCUT2D eigenvalue weighted by Crippen LogP contribution is -2.60. The summed E-state index contributed by atoms with van der Waals surface area (Å²) in [5, 5.41) is 9.33. The fraction of sp³-hybridized carbons (Fsp3) is 0.500. The van der Waals surface area contributed by atoms with E-state index in [1.165, 1.54) is 34.4 Å². The van der Waals surface area contributed by atoms with Gasteiger partial charge in [-0.15, -0.1) is 0 Å². The SMILES string of the molecule is C[C@@H](C(=O)C[C@H](C(=O)N1CC(NC(=O)c2ccc(COc3ccc(C[C@H](NC(=O)[C@H](C)N(C)C(=O)OC(C)(C)C)C(=O)N4Cc5ccccc5C[C@H]4C(=O)N(C)C4CCCc5ccccc54)cc3)cc2)C[C@H]1C(=O)NC1CCCc2ccccc21)C(C)(C)C)N(C)C(=O)OC(C)(C)C. The third kappa shape index (κ3) is 18.0. The molecule has 0 saturated carbocycles. The van der Waals surface area contributed by atoms with Crippen LogP contribution in [0.15, 0.2) is 121 Å². The van der Waals surface area contributed by atoms with E-state index in [4.69, 9.17) is 14.2 Å². The first-order chi connectivity index (χ1) is 46.2. The van der Waals surface area contributed by atoms with Crippen LogP contribution in [0, 0.1) is 11.3 Å². The predicted octanol–water partition coefficient (Wildman–Crippen LogP) is 10.8. The lowest BCUT2D eigenvalue weighted by molar-refractivity contribution is -0.149. The zero-order valence-electron chi connectivity index (χ0n) is 59.6. The quantitative estimate of drug-likeness (QED) is 0.0660. The minimum atomic E-state index is -1.17. The van der Waals surface area contributed by atoms with E-state index in [-0.39, 0.29) is 75.1 Å². The summed E-state index contributed by atoms with van der Waals surface area (Å²) in [5.74, 6) is -3.10. The second kappa shape index (κ2) is 30.8. The summed E-state index contributed by atoms with van der Waals surface area (Å²) in [6.07, 6.45) is 4.01. The number of likely N-dealkylation sites (N-methyl/N-ethyl adjacent to an activating group) is 3. The Morgan fingerprint density at radius 3 is 1.76 bits per heavy atom. The van der Waals surface area contributed by atoms with E-state index in [1.54, 1.807) is 102 Å². The Kier molecular flexibility index (Phi) is 23.0. The van der Waals surface area contributed by atoms with Crippen LogP contribution in [0.2, 0.25) is 0 Å². The summed E-state index contributed by atoms with van der Waals surface area (Å²) < 4.78 is 17.4. The summed E-state index contributed by atoms with van der Waals surface area (Å²) >= 11 is 0. The highest BCUT2D eigenvalue weighted by atomic mass is 16.6. The summed E-state index contributed by atoms with van der Waals surface area (Å²) in [4.78, 5) is 136. The molecular formula is C78H100N8O12. The van der Waals surface area contributed by atoms with Crippen LogP contribution in [-0.4, -0.2) is 153 Å². The number of nitrogens with one attached hydrogen (secondary N) is 3. The van der Waals surface area contributed by atoms with Gasteiger partial charge >= 0.3 is 12.2 Å². The maximum Gasteiger partial charge on any atom is 0.410 e. The molecule has 2 aliphatic heterocycles. The largest absolute Gasteiger partial charge is 0.489 e. The number of fused-ring (bicyclic) bond motifs is 3. The minimum absolute atomic E-state index is 0.0181. The van der Waals surface area contributed by atoms with Gasteiger partial charge in [-0.3, -0.25) is 38.5 Å². The average Bonchev–Trinajstić information content (AvgIpc) is 1.08. The van der Waals surface area contributed by atoms with E-state index in [2.05, 4.69) is 34.1 Å². The highest BCUT2D eigenvalue weighted by Crippen LogP contribution is 2.38. The zero-order chi connectivity index (χ0) is 71.1. The number of rotatable bonds is 20. The summed E-state index contributed by atoms with van der Waals surface area (Å²) in [7, 11) is 4.78. The second-order valence-electron chi connectivity index (χ2n) is 30.1. The van der Waals surface area contributed by atoms with Crippen molar-refractivity contribution in [2.45, 2.75) is 213 Å². The molecule has 3 N–H and O–H groups in total. The van der Waals surface area contributed by atoms with Crippen molar-refractivity contribution in [2.75, 3.05) is 27.7 Å². The number of benzene rings is 5. The number of ketones is 1. The highest BCUT2D eigenvalue weighted by Gasteiger charge is 2.47. The van der Waals surface area contributed by atoms with Gasteiger partial charge in [0.1, 0.15) is 47.7 Å². The molecule has 2 heterocycles. The number of hydrogen-bond acceptors (Lipinski definition) is 12. The van der Waals surface area contributed by atoms with Crippen LogP contribution in [0.1, 0.15) is 182 Å².